The van der Waals surface area contributed by atoms with Crippen LogP contribution in [-0.2, 0) is 18.9 Å². The molecule has 2 aromatic rings. The van der Waals surface area contributed by atoms with E-state index < -0.39 is 23.3 Å². The Labute approximate surface area is 125 Å². The highest BCUT2D eigenvalue weighted by molar-refractivity contribution is 5.79. The molecule has 120 valence electrons. The minimum absolute atomic E-state index is 0.177. The van der Waals surface area contributed by atoms with Crippen molar-refractivity contribution in [1.82, 2.24) is 19.1 Å². The number of carbonyl (C=O) groups is 1. The molecule has 0 saturated carbocycles. The van der Waals surface area contributed by atoms with Crippen LogP contribution in [0.5, 0.6) is 0 Å². The van der Waals surface area contributed by atoms with Crippen molar-refractivity contribution in [3.63, 3.8) is 0 Å². The number of anilines is 1. The minimum Gasteiger partial charge on any atom is -0.480 e. The maximum atomic E-state index is 11.9. The highest BCUT2D eigenvalue weighted by atomic mass is 16.4. The largest absolute Gasteiger partial charge is 0.480 e. The van der Waals surface area contributed by atoms with E-state index in [0.29, 0.717) is 6.42 Å². The summed E-state index contributed by atoms with van der Waals surface area (Å²) in [5.74, 6) is -0.589. The third-order valence-electron chi connectivity index (χ3n) is 3.44. The van der Waals surface area contributed by atoms with Gasteiger partial charge in [-0.25, -0.2) is 9.59 Å². The number of nitrogens with zero attached hydrogens (tertiary/aromatic N) is 3. The number of nitrogens with one attached hydrogen (secondary N) is 2. The lowest BCUT2D eigenvalue weighted by Gasteiger charge is -2.16. The van der Waals surface area contributed by atoms with Crippen molar-refractivity contribution in [2.24, 2.45) is 20.0 Å². The van der Waals surface area contributed by atoms with E-state index in [1.807, 2.05) is 13.8 Å². The molecule has 2 heterocycles. The zero-order valence-corrected chi connectivity index (χ0v) is 12.9. The van der Waals surface area contributed by atoms with Gasteiger partial charge in [0.25, 0.3) is 5.56 Å². The Bertz CT molecular complexity index is 829. The van der Waals surface area contributed by atoms with E-state index in [1.54, 1.807) is 7.05 Å². The van der Waals surface area contributed by atoms with E-state index in [9.17, 15) is 19.5 Å². The fourth-order valence-corrected chi connectivity index (χ4v) is 2.29. The summed E-state index contributed by atoms with van der Waals surface area (Å²) in [6, 6.07) is -0.827. The first kappa shape index (κ1) is 15.8. The van der Waals surface area contributed by atoms with Gasteiger partial charge in [0.2, 0.25) is 5.95 Å². The third-order valence-corrected chi connectivity index (χ3v) is 3.44. The quantitative estimate of drug-likeness (QED) is 0.707. The lowest BCUT2D eigenvalue weighted by Crippen LogP contribution is -2.32. The monoisotopic (exact) mass is 309 g/mol. The molecule has 0 aliphatic rings. The fraction of sp³-hybridized carbons (Fsp3) is 0.538. The van der Waals surface area contributed by atoms with Gasteiger partial charge >= 0.3 is 11.7 Å². The lowest BCUT2D eigenvalue weighted by molar-refractivity contribution is -0.138. The van der Waals surface area contributed by atoms with Crippen LogP contribution in [-0.4, -0.2) is 36.2 Å². The highest BCUT2D eigenvalue weighted by Gasteiger charge is 2.22. The number of imidazole rings is 1. The number of hydrogen-bond acceptors (Lipinski definition) is 5. The summed E-state index contributed by atoms with van der Waals surface area (Å²) < 4.78 is 2.66. The standard InChI is InChI=1S/C13H19N5O4/c1-6(2)5-7(11(20)21)14-12-15-9-8(17(12)3)10(19)16-13(22)18(9)4/h6-7H,5H2,1-4H3,(H,14,15)(H,20,21)(H,16,19,22). The first-order valence-electron chi connectivity index (χ1n) is 6.87. The van der Waals surface area contributed by atoms with Crippen LogP contribution in [0.4, 0.5) is 5.95 Å². The number of carboxylic acids is 1. The number of carboxylic acid groups (broad SMARTS) is 1. The molecule has 9 nitrogen and oxygen atoms in total. The molecule has 1 unspecified atom stereocenters. The van der Waals surface area contributed by atoms with E-state index in [-0.39, 0.29) is 23.0 Å². The molecule has 0 aliphatic heterocycles. The van der Waals surface area contributed by atoms with Crippen molar-refractivity contribution >= 4 is 23.1 Å². The van der Waals surface area contributed by atoms with Gasteiger partial charge in [0.05, 0.1) is 0 Å². The van der Waals surface area contributed by atoms with Crippen LogP contribution in [0.2, 0.25) is 0 Å². The van der Waals surface area contributed by atoms with Crippen LogP contribution in [0, 0.1) is 5.92 Å². The van der Waals surface area contributed by atoms with Crippen LogP contribution in [0.3, 0.4) is 0 Å². The summed E-state index contributed by atoms with van der Waals surface area (Å²) in [6.45, 7) is 3.84. The number of aryl methyl sites for hydroxylation is 2. The number of aliphatic carboxylic acids is 1. The Kier molecular flexibility index (Phi) is 4.07. The SMILES string of the molecule is CC(C)CC(Nc1nc2c(c(=O)[nH]c(=O)n2C)n1C)C(=O)O. The number of fused-ring (bicyclic) bond motifs is 1. The van der Waals surface area contributed by atoms with Crippen LogP contribution in [0.15, 0.2) is 9.59 Å². The summed E-state index contributed by atoms with van der Waals surface area (Å²) >= 11 is 0. The average molecular weight is 309 g/mol. The highest BCUT2D eigenvalue weighted by Crippen LogP contribution is 2.16. The number of aromatic amines is 1. The summed E-state index contributed by atoms with van der Waals surface area (Å²) in [4.78, 5) is 41.2. The average Bonchev–Trinajstić information content (AvgIpc) is 2.73. The maximum Gasteiger partial charge on any atom is 0.329 e. The van der Waals surface area contributed by atoms with Crippen LogP contribution in [0.1, 0.15) is 20.3 Å². The molecule has 9 heteroatoms. The molecule has 0 bridgehead atoms. The third kappa shape index (κ3) is 2.74. The molecule has 1 atom stereocenters. The maximum absolute atomic E-state index is 11.9. The van der Waals surface area contributed by atoms with Gasteiger partial charge in [-0.05, 0) is 12.3 Å². The van der Waals surface area contributed by atoms with Crippen molar-refractivity contribution < 1.29 is 9.90 Å². The van der Waals surface area contributed by atoms with Crippen LogP contribution < -0.4 is 16.6 Å². The van der Waals surface area contributed by atoms with E-state index in [1.165, 1.54) is 16.2 Å². The van der Waals surface area contributed by atoms with E-state index in [0.717, 1.165) is 0 Å². The second kappa shape index (κ2) is 5.66. The van der Waals surface area contributed by atoms with Crippen molar-refractivity contribution in [3.8, 4) is 0 Å². The molecule has 0 spiro atoms. The molecule has 22 heavy (non-hydrogen) atoms. The first-order chi connectivity index (χ1) is 10.2. The molecular formula is C13H19N5O4. The Morgan fingerprint density at radius 1 is 1.32 bits per heavy atom. The van der Waals surface area contributed by atoms with Crippen molar-refractivity contribution in [2.75, 3.05) is 5.32 Å². The summed E-state index contributed by atoms with van der Waals surface area (Å²) in [6.07, 6.45) is 0.411. The van der Waals surface area contributed by atoms with Crippen molar-refractivity contribution in [3.05, 3.63) is 20.8 Å². The predicted molar refractivity (Wildman–Crippen MR) is 81.1 cm³/mol. The van der Waals surface area contributed by atoms with Crippen LogP contribution in [0.25, 0.3) is 11.2 Å². The van der Waals surface area contributed by atoms with Gasteiger partial charge in [-0.15, -0.1) is 0 Å². The van der Waals surface area contributed by atoms with E-state index in [2.05, 4.69) is 15.3 Å². The minimum atomic E-state index is -0.997. The van der Waals surface area contributed by atoms with Gasteiger partial charge in [-0.3, -0.25) is 14.3 Å². The van der Waals surface area contributed by atoms with Gasteiger partial charge < -0.3 is 15.0 Å². The summed E-state index contributed by atoms with van der Waals surface area (Å²) in [5, 5.41) is 12.1. The van der Waals surface area contributed by atoms with Gasteiger partial charge in [0.15, 0.2) is 11.2 Å². The second-order valence-electron chi connectivity index (χ2n) is 5.65. The smallest absolute Gasteiger partial charge is 0.329 e. The van der Waals surface area contributed by atoms with Crippen LogP contribution >= 0.6 is 0 Å². The molecule has 2 aromatic heterocycles. The molecule has 0 amide bonds. The normalized spacial score (nSPS) is 12.8. The Balaban J connectivity index is 2.53. The topological polar surface area (TPSA) is 122 Å². The summed E-state index contributed by atoms with van der Waals surface area (Å²) in [7, 11) is 3.08. The number of H-pyrrole nitrogens is 1. The fourth-order valence-electron chi connectivity index (χ4n) is 2.29. The van der Waals surface area contributed by atoms with E-state index in [4.69, 9.17) is 0 Å². The van der Waals surface area contributed by atoms with Gasteiger partial charge in [0, 0.05) is 14.1 Å². The first-order valence-corrected chi connectivity index (χ1v) is 6.87. The molecule has 0 saturated heterocycles. The Morgan fingerprint density at radius 2 is 1.95 bits per heavy atom. The predicted octanol–water partition coefficient (Wildman–Crippen LogP) is -0.128. The molecule has 0 fully saturated rings. The Morgan fingerprint density at radius 3 is 2.50 bits per heavy atom. The zero-order chi connectivity index (χ0) is 16.6. The van der Waals surface area contributed by atoms with Gasteiger partial charge in [0.1, 0.15) is 6.04 Å². The van der Waals surface area contributed by atoms with Gasteiger partial charge in [-0.2, -0.15) is 4.98 Å². The number of hydrogen-bond donors (Lipinski definition) is 3. The van der Waals surface area contributed by atoms with Crippen molar-refractivity contribution in [1.29, 1.82) is 0 Å². The molecular weight excluding hydrogens is 290 g/mol. The number of aromatic nitrogens is 4. The second-order valence-corrected chi connectivity index (χ2v) is 5.65. The van der Waals surface area contributed by atoms with E-state index >= 15 is 0 Å². The summed E-state index contributed by atoms with van der Waals surface area (Å²) in [5.41, 5.74) is -0.721. The number of rotatable bonds is 5. The zero-order valence-electron chi connectivity index (χ0n) is 12.9. The van der Waals surface area contributed by atoms with Crippen molar-refractivity contribution in [2.45, 2.75) is 26.3 Å². The molecule has 0 radical (unpaired) electrons. The van der Waals surface area contributed by atoms with Gasteiger partial charge in [-0.1, -0.05) is 13.8 Å². The lowest BCUT2D eigenvalue weighted by atomic mass is 10.0. The molecule has 0 aliphatic carbocycles. The molecule has 0 aromatic carbocycles. The Hall–Kier alpha value is -2.58. The molecule has 2 rings (SSSR count). The molecule has 3 N–H and O–H groups in total.